The molecule has 0 aliphatic rings. The molecule has 0 amide bonds. The number of furan rings is 1. The van der Waals surface area contributed by atoms with Gasteiger partial charge in [0.25, 0.3) is 0 Å². The molecule has 0 aliphatic carbocycles. The Morgan fingerprint density at radius 1 is 1.30 bits per heavy atom. The number of aryl methyl sites for hydroxylation is 2. The van der Waals surface area contributed by atoms with Crippen molar-refractivity contribution in [2.24, 2.45) is 4.99 Å². The zero-order valence-corrected chi connectivity index (χ0v) is 12.1. The van der Waals surface area contributed by atoms with Gasteiger partial charge in [0, 0.05) is 11.8 Å². The first-order valence-corrected chi connectivity index (χ1v) is 6.32. The van der Waals surface area contributed by atoms with Gasteiger partial charge in [0.05, 0.1) is 18.4 Å². The monoisotopic (exact) mass is 271 g/mol. The number of hydrogen-bond acceptors (Lipinski definition) is 4. The van der Waals surface area contributed by atoms with Crippen molar-refractivity contribution in [2.75, 3.05) is 7.11 Å². The Morgan fingerprint density at radius 2 is 2.05 bits per heavy atom. The van der Waals surface area contributed by atoms with Crippen molar-refractivity contribution in [3.05, 3.63) is 52.5 Å². The molecule has 0 atom stereocenters. The third kappa shape index (κ3) is 2.79. The molecule has 2 rings (SSSR count). The van der Waals surface area contributed by atoms with E-state index >= 15 is 0 Å². The van der Waals surface area contributed by atoms with E-state index in [2.05, 4.69) is 4.99 Å². The van der Waals surface area contributed by atoms with Gasteiger partial charge in [0.2, 0.25) is 0 Å². The van der Waals surface area contributed by atoms with E-state index in [9.17, 15) is 4.79 Å². The maximum atomic E-state index is 11.6. The highest BCUT2D eigenvalue weighted by Crippen LogP contribution is 2.23. The molecule has 0 bridgehead atoms. The lowest BCUT2D eigenvalue weighted by Crippen LogP contribution is -2.03. The van der Waals surface area contributed by atoms with Crippen LogP contribution < -0.4 is 0 Å². The summed E-state index contributed by atoms with van der Waals surface area (Å²) in [4.78, 5) is 16.1. The van der Waals surface area contributed by atoms with Crippen molar-refractivity contribution in [3.8, 4) is 0 Å². The molecular formula is C16H17NO3. The highest BCUT2D eigenvalue weighted by molar-refractivity contribution is 5.93. The van der Waals surface area contributed by atoms with Gasteiger partial charge in [0.15, 0.2) is 0 Å². The number of hydrogen-bond donors (Lipinski definition) is 0. The first-order valence-electron chi connectivity index (χ1n) is 6.32. The van der Waals surface area contributed by atoms with Crippen molar-refractivity contribution in [1.29, 1.82) is 0 Å². The lowest BCUT2D eigenvalue weighted by atomic mass is 10.1. The van der Waals surface area contributed by atoms with E-state index in [1.165, 1.54) is 7.11 Å². The maximum Gasteiger partial charge on any atom is 0.338 e. The molecule has 1 heterocycles. The molecule has 4 heteroatoms. The number of benzene rings is 1. The Bertz CT molecular complexity index is 668. The summed E-state index contributed by atoms with van der Waals surface area (Å²) in [5, 5.41) is 0. The zero-order chi connectivity index (χ0) is 14.7. The molecule has 1 aromatic heterocycles. The first-order chi connectivity index (χ1) is 9.52. The quantitative estimate of drug-likeness (QED) is 0.631. The Kier molecular flexibility index (Phi) is 4.03. The van der Waals surface area contributed by atoms with Crippen molar-refractivity contribution < 1.29 is 13.9 Å². The fraction of sp³-hybridized carbons (Fsp3) is 0.250. The van der Waals surface area contributed by atoms with Crippen LogP contribution in [-0.2, 0) is 4.74 Å². The van der Waals surface area contributed by atoms with E-state index < -0.39 is 0 Å². The predicted molar refractivity (Wildman–Crippen MR) is 78.0 cm³/mol. The van der Waals surface area contributed by atoms with Crippen LogP contribution in [0.1, 0.15) is 33.0 Å². The fourth-order valence-corrected chi connectivity index (χ4v) is 2.01. The standard InChI is InChI=1S/C16H17NO3/c1-10-8-13(12(3)20-10)9-17-15-7-5-6-14(11(15)2)16(18)19-4/h5-9H,1-4H3. The third-order valence-electron chi connectivity index (χ3n) is 3.13. The summed E-state index contributed by atoms with van der Waals surface area (Å²) in [6.07, 6.45) is 1.75. The van der Waals surface area contributed by atoms with E-state index in [4.69, 9.17) is 9.15 Å². The van der Waals surface area contributed by atoms with Crippen LogP contribution in [0.4, 0.5) is 5.69 Å². The van der Waals surface area contributed by atoms with Gasteiger partial charge >= 0.3 is 5.97 Å². The van der Waals surface area contributed by atoms with Gasteiger partial charge in [-0.15, -0.1) is 0 Å². The predicted octanol–water partition coefficient (Wildman–Crippen LogP) is 3.74. The van der Waals surface area contributed by atoms with Crippen LogP contribution in [0.25, 0.3) is 0 Å². The second-order valence-electron chi connectivity index (χ2n) is 4.57. The number of aliphatic imine (C=N–C) groups is 1. The molecule has 0 fully saturated rings. The van der Waals surface area contributed by atoms with Crippen LogP contribution in [0.5, 0.6) is 0 Å². The average Bonchev–Trinajstić information content (AvgIpc) is 2.75. The van der Waals surface area contributed by atoms with Crippen molar-refractivity contribution in [1.82, 2.24) is 0 Å². The molecule has 2 aromatic rings. The molecule has 1 aromatic carbocycles. The summed E-state index contributed by atoms with van der Waals surface area (Å²) in [6, 6.07) is 7.31. The van der Waals surface area contributed by atoms with Crippen LogP contribution in [0.3, 0.4) is 0 Å². The van der Waals surface area contributed by atoms with E-state index in [1.807, 2.05) is 32.9 Å². The van der Waals surface area contributed by atoms with Crippen LogP contribution in [0, 0.1) is 20.8 Å². The Hall–Kier alpha value is -2.36. The summed E-state index contributed by atoms with van der Waals surface area (Å²) in [6.45, 7) is 5.64. The minimum absolute atomic E-state index is 0.352. The van der Waals surface area contributed by atoms with Gasteiger partial charge in [-0.2, -0.15) is 0 Å². The summed E-state index contributed by atoms with van der Waals surface area (Å²) in [5.74, 6) is 1.33. The average molecular weight is 271 g/mol. The smallest absolute Gasteiger partial charge is 0.338 e. The van der Waals surface area contributed by atoms with E-state index in [-0.39, 0.29) is 5.97 Å². The molecule has 104 valence electrons. The van der Waals surface area contributed by atoms with Crippen LogP contribution in [-0.4, -0.2) is 19.3 Å². The highest BCUT2D eigenvalue weighted by Gasteiger charge is 2.11. The lowest BCUT2D eigenvalue weighted by Gasteiger charge is -2.05. The molecule has 0 saturated heterocycles. The van der Waals surface area contributed by atoms with Crippen LogP contribution in [0.2, 0.25) is 0 Å². The third-order valence-corrected chi connectivity index (χ3v) is 3.13. The Balaban J connectivity index is 2.35. The molecule has 0 saturated carbocycles. The lowest BCUT2D eigenvalue weighted by molar-refractivity contribution is 0.0600. The minimum Gasteiger partial charge on any atom is -0.466 e. The van der Waals surface area contributed by atoms with Gasteiger partial charge in [0.1, 0.15) is 11.5 Å². The number of ether oxygens (including phenoxy) is 1. The van der Waals surface area contributed by atoms with E-state index in [0.29, 0.717) is 5.56 Å². The van der Waals surface area contributed by atoms with Gasteiger partial charge < -0.3 is 9.15 Å². The summed E-state index contributed by atoms with van der Waals surface area (Å²) in [7, 11) is 1.37. The number of nitrogens with zero attached hydrogens (tertiary/aromatic N) is 1. The van der Waals surface area contributed by atoms with Gasteiger partial charge in [-0.3, -0.25) is 4.99 Å². The molecule has 0 spiro atoms. The zero-order valence-electron chi connectivity index (χ0n) is 12.1. The highest BCUT2D eigenvalue weighted by atomic mass is 16.5. The summed E-state index contributed by atoms with van der Waals surface area (Å²) in [5.41, 5.74) is 3.01. The van der Waals surface area contributed by atoms with Crippen molar-refractivity contribution >= 4 is 17.9 Å². The number of carbonyl (C=O) groups excluding carboxylic acids is 1. The topological polar surface area (TPSA) is 51.8 Å². The fourth-order valence-electron chi connectivity index (χ4n) is 2.01. The Labute approximate surface area is 118 Å². The van der Waals surface area contributed by atoms with Crippen molar-refractivity contribution in [3.63, 3.8) is 0 Å². The van der Waals surface area contributed by atoms with E-state index in [1.54, 1.807) is 18.3 Å². The molecule has 0 N–H and O–H groups in total. The second kappa shape index (κ2) is 5.74. The maximum absolute atomic E-state index is 11.6. The van der Waals surface area contributed by atoms with Gasteiger partial charge in [-0.05, 0) is 44.5 Å². The van der Waals surface area contributed by atoms with Gasteiger partial charge in [-0.25, -0.2) is 4.79 Å². The normalized spacial score (nSPS) is 11.0. The molecule has 20 heavy (non-hydrogen) atoms. The minimum atomic E-state index is -0.352. The number of esters is 1. The number of rotatable bonds is 3. The molecule has 0 radical (unpaired) electrons. The Morgan fingerprint density at radius 3 is 2.65 bits per heavy atom. The molecule has 0 aliphatic heterocycles. The van der Waals surface area contributed by atoms with Crippen LogP contribution >= 0.6 is 0 Å². The van der Waals surface area contributed by atoms with E-state index in [0.717, 1.165) is 28.3 Å². The largest absolute Gasteiger partial charge is 0.466 e. The first kappa shape index (κ1) is 14.1. The second-order valence-corrected chi connectivity index (χ2v) is 4.57. The number of carbonyl (C=O) groups is 1. The molecule has 0 unspecified atom stereocenters. The molecule has 4 nitrogen and oxygen atoms in total. The van der Waals surface area contributed by atoms with Gasteiger partial charge in [-0.1, -0.05) is 6.07 Å². The number of methoxy groups -OCH3 is 1. The van der Waals surface area contributed by atoms with Crippen molar-refractivity contribution in [2.45, 2.75) is 20.8 Å². The molecular weight excluding hydrogens is 254 g/mol. The SMILES string of the molecule is COC(=O)c1cccc(N=Cc2cc(C)oc2C)c1C. The summed E-state index contributed by atoms with van der Waals surface area (Å²) >= 11 is 0. The van der Waals surface area contributed by atoms with Crippen LogP contribution in [0.15, 0.2) is 33.7 Å². The summed E-state index contributed by atoms with van der Waals surface area (Å²) < 4.78 is 10.2.